The van der Waals surface area contributed by atoms with Crippen molar-refractivity contribution in [3.63, 3.8) is 0 Å². The monoisotopic (exact) mass is 253 g/mol. The average Bonchev–Trinajstić information content (AvgIpc) is 2.85. The highest BCUT2D eigenvalue weighted by atomic mass is 16.5. The lowest BCUT2D eigenvalue weighted by Gasteiger charge is -2.30. The van der Waals surface area contributed by atoms with Crippen LogP contribution in [0.15, 0.2) is 6.20 Å². The van der Waals surface area contributed by atoms with Crippen LogP contribution in [0.5, 0.6) is 0 Å². The molecular weight excluding hydrogens is 230 g/mol. The summed E-state index contributed by atoms with van der Waals surface area (Å²) in [5.74, 6) is 0. The predicted molar refractivity (Wildman–Crippen MR) is 69.3 cm³/mol. The summed E-state index contributed by atoms with van der Waals surface area (Å²) in [5, 5.41) is 11.3. The molecule has 0 aliphatic carbocycles. The van der Waals surface area contributed by atoms with Crippen LogP contribution in [-0.2, 0) is 17.8 Å². The molecule has 0 radical (unpaired) electrons. The molecule has 1 saturated heterocycles. The first-order chi connectivity index (χ1) is 8.81. The Bertz CT molecular complexity index is 346. The second-order valence-corrected chi connectivity index (χ2v) is 4.78. The van der Waals surface area contributed by atoms with E-state index in [1.807, 2.05) is 17.9 Å². The summed E-state index contributed by atoms with van der Waals surface area (Å²) in [5.41, 5.74) is 0.996. The summed E-state index contributed by atoms with van der Waals surface area (Å²) >= 11 is 0. The predicted octanol–water partition coefficient (Wildman–Crippen LogP) is 0.108. The third kappa shape index (κ3) is 3.76. The van der Waals surface area contributed by atoms with E-state index in [-0.39, 0.29) is 0 Å². The molecule has 1 fully saturated rings. The van der Waals surface area contributed by atoms with Gasteiger partial charge < -0.3 is 15.0 Å². The fourth-order valence-corrected chi connectivity index (χ4v) is 2.32. The molecule has 0 spiro atoms. The van der Waals surface area contributed by atoms with Crippen molar-refractivity contribution < 1.29 is 4.74 Å². The molecule has 0 atom stereocenters. The maximum Gasteiger partial charge on any atom is 0.0964 e. The maximum atomic E-state index is 5.37. The average molecular weight is 253 g/mol. The van der Waals surface area contributed by atoms with Gasteiger partial charge in [-0.15, -0.1) is 5.10 Å². The van der Waals surface area contributed by atoms with Gasteiger partial charge in [0, 0.05) is 39.5 Å². The SMILES string of the molecule is CNCc1cn(CCN2CCC(OC)CC2)nn1. The lowest BCUT2D eigenvalue weighted by Crippen LogP contribution is -2.38. The Hall–Kier alpha value is -0.980. The molecule has 102 valence electrons. The lowest BCUT2D eigenvalue weighted by atomic mass is 10.1. The van der Waals surface area contributed by atoms with Gasteiger partial charge in [-0.05, 0) is 19.9 Å². The van der Waals surface area contributed by atoms with Gasteiger partial charge in [0.2, 0.25) is 0 Å². The Morgan fingerprint density at radius 3 is 2.83 bits per heavy atom. The van der Waals surface area contributed by atoms with Crippen molar-refractivity contribution >= 4 is 0 Å². The van der Waals surface area contributed by atoms with Crippen LogP contribution >= 0.6 is 0 Å². The summed E-state index contributed by atoms with van der Waals surface area (Å²) < 4.78 is 7.30. The van der Waals surface area contributed by atoms with Gasteiger partial charge in [-0.1, -0.05) is 5.21 Å². The van der Waals surface area contributed by atoms with E-state index >= 15 is 0 Å². The van der Waals surface area contributed by atoms with Crippen molar-refractivity contribution in [1.82, 2.24) is 25.2 Å². The molecule has 0 saturated carbocycles. The van der Waals surface area contributed by atoms with Crippen LogP contribution in [0, 0.1) is 0 Å². The van der Waals surface area contributed by atoms with E-state index in [4.69, 9.17) is 4.74 Å². The van der Waals surface area contributed by atoms with E-state index < -0.39 is 0 Å². The van der Waals surface area contributed by atoms with Crippen LogP contribution < -0.4 is 5.32 Å². The fourth-order valence-electron chi connectivity index (χ4n) is 2.32. The number of rotatable bonds is 6. The summed E-state index contributed by atoms with van der Waals surface area (Å²) in [6.45, 7) is 4.97. The zero-order valence-corrected chi connectivity index (χ0v) is 11.3. The number of hydrogen-bond acceptors (Lipinski definition) is 5. The number of aromatic nitrogens is 3. The Morgan fingerprint density at radius 1 is 1.39 bits per heavy atom. The summed E-state index contributed by atoms with van der Waals surface area (Å²) in [6.07, 6.45) is 4.74. The van der Waals surface area contributed by atoms with Crippen LogP contribution in [0.3, 0.4) is 0 Å². The van der Waals surface area contributed by atoms with Gasteiger partial charge in [0.05, 0.1) is 18.3 Å². The number of ether oxygens (including phenoxy) is 1. The Labute approximate surface area is 108 Å². The standard InChI is InChI=1S/C12H23N5O/c1-13-9-11-10-17(15-14-11)8-7-16-5-3-12(18-2)4-6-16/h10,12-13H,3-9H2,1-2H3. The number of nitrogens with zero attached hydrogens (tertiary/aromatic N) is 4. The minimum atomic E-state index is 0.454. The van der Waals surface area contributed by atoms with Gasteiger partial charge in [-0.25, -0.2) is 0 Å². The Morgan fingerprint density at radius 2 is 2.17 bits per heavy atom. The molecule has 6 heteroatoms. The zero-order chi connectivity index (χ0) is 12.8. The van der Waals surface area contributed by atoms with Crippen LogP contribution in [-0.4, -0.2) is 59.8 Å². The van der Waals surface area contributed by atoms with Gasteiger partial charge in [-0.3, -0.25) is 4.68 Å². The fraction of sp³-hybridized carbons (Fsp3) is 0.833. The first-order valence-corrected chi connectivity index (χ1v) is 6.60. The normalized spacial score (nSPS) is 18.3. The Kier molecular flexibility index (Phi) is 5.10. The molecule has 0 amide bonds. The molecule has 2 rings (SSSR count). The van der Waals surface area contributed by atoms with Crippen molar-refractivity contribution in [3.8, 4) is 0 Å². The van der Waals surface area contributed by atoms with E-state index in [0.29, 0.717) is 6.10 Å². The minimum absolute atomic E-state index is 0.454. The lowest BCUT2D eigenvalue weighted by molar-refractivity contribution is 0.0399. The van der Waals surface area contributed by atoms with Crippen molar-refractivity contribution in [2.75, 3.05) is 33.8 Å². The van der Waals surface area contributed by atoms with Crippen molar-refractivity contribution in [2.45, 2.75) is 32.0 Å². The Balaban J connectivity index is 1.71. The molecule has 1 aliphatic heterocycles. The van der Waals surface area contributed by atoms with Gasteiger partial charge in [-0.2, -0.15) is 0 Å². The summed E-state index contributed by atoms with van der Waals surface area (Å²) in [6, 6.07) is 0. The van der Waals surface area contributed by atoms with Crippen molar-refractivity contribution in [2.24, 2.45) is 0 Å². The summed E-state index contributed by atoms with van der Waals surface area (Å²) in [4.78, 5) is 2.47. The van der Waals surface area contributed by atoms with E-state index in [9.17, 15) is 0 Å². The molecule has 18 heavy (non-hydrogen) atoms. The van der Waals surface area contributed by atoms with Gasteiger partial charge in [0.25, 0.3) is 0 Å². The van der Waals surface area contributed by atoms with Crippen LogP contribution in [0.25, 0.3) is 0 Å². The number of nitrogens with one attached hydrogen (secondary N) is 1. The topological polar surface area (TPSA) is 55.2 Å². The minimum Gasteiger partial charge on any atom is -0.381 e. The number of methoxy groups -OCH3 is 1. The first kappa shape index (κ1) is 13.5. The third-order valence-corrected chi connectivity index (χ3v) is 3.46. The number of likely N-dealkylation sites (tertiary alicyclic amines) is 1. The first-order valence-electron chi connectivity index (χ1n) is 6.60. The smallest absolute Gasteiger partial charge is 0.0964 e. The summed E-state index contributed by atoms with van der Waals surface area (Å²) in [7, 11) is 3.72. The molecule has 0 bridgehead atoms. The highest BCUT2D eigenvalue weighted by Gasteiger charge is 2.18. The second-order valence-electron chi connectivity index (χ2n) is 4.78. The van der Waals surface area contributed by atoms with Crippen molar-refractivity contribution in [3.05, 3.63) is 11.9 Å². The zero-order valence-electron chi connectivity index (χ0n) is 11.3. The number of hydrogen-bond donors (Lipinski definition) is 1. The van der Waals surface area contributed by atoms with Gasteiger partial charge in [0.1, 0.15) is 0 Å². The molecule has 2 heterocycles. The van der Waals surface area contributed by atoms with Gasteiger partial charge >= 0.3 is 0 Å². The van der Waals surface area contributed by atoms with Crippen LogP contribution in [0.1, 0.15) is 18.5 Å². The second kappa shape index (κ2) is 6.82. The molecule has 0 aromatic carbocycles. The van der Waals surface area contributed by atoms with Crippen LogP contribution in [0.2, 0.25) is 0 Å². The maximum absolute atomic E-state index is 5.37. The molecule has 0 unspecified atom stereocenters. The van der Waals surface area contributed by atoms with E-state index in [2.05, 4.69) is 20.5 Å². The number of piperidine rings is 1. The van der Waals surface area contributed by atoms with E-state index in [1.54, 1.807) is 7.11 Å². The highest BCUT2D eigenvalue weighted by molar-refractivity contribution is 4.91. The molecular formula is C12H23N5O. The highest BCUT2D eigenvalue weighted by Crippen LogP contribution is 2.12. The largest absolute Gasteiger partial charge is 0.381 e. The molecule has 1 aromatic heterocycles. The van der Waals surface area contributed by atoms with E-state index in [1.165, 1.54) is 0 Å². The molecule has 1 aliphatic rings. The van der Waals surface area contributed by atoms with Gasteiger partial charge in [0.15, 0.2) is 0 Å². The third-order valence-electron chi connectivity index (χ3n) is 3.46. The van der Waals surface area contributed by atoms with Crippen molar-refractivity contribution in [1.29, 1.82) is 0 Å². The molecule has 1 aromatic rings. The molecule has 6 nitrogen and oxygen atoms in total. The van der Waals surface area contributed by atoms with Crippen LogP contribution in [0.4, 0.5) is 0 Å². The quantitative estimate of drug-likeness (QED) is 0.780. The molecule has 1 N–H and O–H groups in total. The van der Waals surface area contributed by atoms with E-state index in [0.717, 1.165) is 51.3 Å².